The largest absolute Gasteiger partial charge is 0.384 e. The standard InChI is InChI=1S/C15H15FO/c1-10-6-5-7-11(2)14(10)15(17)12-8-3-4-9-13(12)16/h3-9,15,17H,1-2H3. The molecule has 2 aromatic rings. The number of aryl methyl sites for hydroxylation is 2. The van der Waals surface area contributed by atoms with Crippen LogP contribution in [0.5, 0.6) is 0 Å². The minimum atomic E-state index is -0.905. The van der Waals surface area contributed by atoms with Gasteiger partial charge in [0.05, 0.1) is 0 Å². The first kappa shape index (κ1) is 11.8. The van der Waals surface area contributed by atoms with Crippen molar-refractivity contribution in [3.63, 3.8) is 0 Å². The Morgan fingerprint density at radius 2 is 1.53 bits per heavy atom. The second kappa shape index (κ2) is 4.68. The van der Waals surface area contributed by atoms with Crippen LogP contribution in [-0.4, -0.2) is 5.11 Å². The van der Waals surface area contributed by atoms with Gasteiger partial charge in [0.25, 0.3) is 0 Å². The van der Waals surface area contributed by atoms with E-state index in [-0.39, 0.29) is 5.82 Å². The van der Waals surface area contributed by atoms with E-state index in [0.717, 1.165) is 16.7 Å². The third-order valence-corrected chi connectivity index (χ3v) is 3.02. The summed E-state index contributed by atoms with van der Waals surface area (Å²) in [7, 11) is 0. The smallest absolute Gasteiger partial charge is 0.129 e. The molecule has 2 rings (SSSR count). The van der Waals surface area contributed by atoms with Gasteiger partial charge in [-0.1, -0.05) is 36.4 Å². The Balaban J connectivity index is 2.51. The van der Waals surface area contributed by atoms with Crippen LogP contribution in [0.3, 0.4) is 0 Å². The fourth-order valence-corrected chi connectivity index (χ4v) is 2.11. The van der Waals surface area contributed by atoms with Crippen LogP contribution in [-0.2, 0) is 0 Å². The van der Waals surface area contributed by atoms with Crippen LogP contribution in [0.25, 0.3) is 0 Å². The van der Waals surface area contributed by atoms with Crippen molar-refractivity contribution in [2.45, 2.75) is 20.0 Å². The topological polar surface area (TPSA) is 20.2 Å². The number of aliphatic hydroxyl groups excluding tert-OH is 1. The molecule has 0 aliphatic rings. The van der Waals surface area contributed by atoms with Gasteiger partial charge in [-0.05, 0) is 36.6 Å². The maximum atomic E-state index is 13.6. The molecule has 17 heavy (non-hydrogen) atoms. The summed E-state index contributed by atoms with van der Waals surface area (Å²) in [6.45, 7) is 3.85. The highest BCUT2D eigenvalue weighted by molar-refractivity contribution is 5.40. The number of hydrogen-bond donors (Lipinski definition) is 1. The van der Waals surface area contributed by atoms with Gasteiger partial charge < -0.3 is 5.11 Å². The molecule has 0 amide bonds. The van der Waals surface area contributed by atoms with E-state index in [9.17, 15) is 9.50 Å². The van der Waals surface area contributed by atoms with E-state index in [4.69, 9.17) is 0 Å². The van der Waals surface area contributed by atoms with Crippen molar-refractivity contribution in [2.75, 3.05) is 0 Å². The molecule has 0 aromatic heterocycles. The van der Waals surface area contributed by atoms with Crippen LogP contribution in [0.1, 0.15) is 28.4 Å². The average Bonchev–Trinajstić information content (AvgIpc) is 2.29. The average molecular weight is 230 g/mol. The molecule has 0 saturated carbocycles. The van der Waals surface area contributed by atoms with E-state index in [1.807, 2.05) is 32.0 Å². The van der Waals surface area contributed by atoms with Crippen LogP contribution in [0.4, 0.5) is 4.39 Å². The van der Waals surface area contributed by atoms with E-state index >= 15 is 0 Å². The van der Waals surface area contributed by atoms with Gasteiger partial charge in [-0.25, -0.2) is 4.39 Å². The molecule has 88 valence electrons. The highest BCUT2D eigenvalue weighted by Crippen LogP contribution is 2.28. The van der Waals surface area contributed by atoms with Gasteiger partial charge in [-0.2, -0.15) is 0 Å². The predicted molar refractivity (Wildman–Crippen MR) is 66.4 cm³/mol. The SMILES string of the molecule is Cc1cccc(C)c1C(O)c1ccccc1F. The first-order valence-corrected chi connectivity index (χ1v) is 5.60. The van der Waals surface area contributed by atoms with Crippen LogP contribution >= 0.6 is 0 Å². The van der Waals surface area contributed by atoms with Gasteiger partial charge in [-0.15, -0.1) is 0 Å². The lowest BCUT2D eigenvalue weighted by molar-refractivity contribution is 0.213. The monoisotopic (exact) mass is 230 g/mol. The van der Waals surface area contributed by atoms with Crippen molar-refractivity contribution in [3.8, 4) is 0 Å². The van der Waals surface area contributed by atoms with Crippen LogP contribution in [0, 0.1) is 19.7 Å². The van der Waals surface area contributed by atoms with Gasteiger partial charge in [0.1, 0.15) is 11.9 Å². The zero-order chi connectivity index (χ0) is 12.4. The van der Waals surface area contributed by atoms with Crippen molar-refractivity contribution < 1.29 is 9.50 Å². The zero-order valence-electron chi connectivity index (χ0n) is 9.94. The van der Waals surface area contributed by atoms with Crippen LogP contribution < -0.4 is 0 Å². The summed E-state index contributed by atoms with van der Waals surface area (Å²) in [5, 5.41) is 10.3. The maximum Gasteiger partial charge on any atom is 0.129 e. The minimum absolute atomic E-state index is 0.324. The van der Waals surface area contributed by atoms with Gasteiger partial charge in [-0.3, -0.25) is 0 Å². The number of benzene rings is 2. The molecule has 0 spiro atoms. The molecule has 1 N–H and O–H groups in total. The third-order valence-electron chi connectivity index (χ3n) is 3.02. The van der Waals surface area contributed by atoms with E-state index in [2.05, 4.69) is 0 Å². The normalized spacial score (nSPS) is 12.5. The quantitative estimate of drug-likeness (QED) is 0.836. The van der Waals surface area contributed by atoms with Crippen molar-refractivity contribution in [1.29, 1.82) is 0 Å². The zero-order valence-corrected chi connectivity index (χ0v) is 9.94. The Hall–Kier alpha value is -1.67. The summed E-state index contributed by atoms with van der Waals surface area (Å²) in [6.07, 6.45) is -0.905. The highest BCUT2D eigenvalue weighted by Gasteiger charge is 2.17. The Morgan fingerprint density at radius 1 is 0.941 bits per heavy atom. The summed E-state index contributed by atoms with van der Waals surface area (Å²) in [5.74, 6) is -0.373. The van der Waals surface area contributed by atoms with Crippen molar-refractivity contribution in [1.82, 2.24) is 0 Å². The lowest BCUT2D eigenvalue weighted by atomic mass is 9.93. The minimum Gasteiger partial charge on any atom is -0.384 e. The molecule has 1 atom stereocenters. The molecule has 1 nitrogen and oxygen atoms in total. The molecule has 2 aromatic carbocycles. The van der Waals surface area contributed by atoms with E-state index in [1.54, 1.807) is 18.2 Å². The number of rotatable bonds is 2. The summed E-state index contributed by atoms with van der Waals surface area (Å²) in [6, 6.07) is 12.1. The van der Waals surface area contributed by atoms with Crippen molar-refractivity contribution in [2.24, 2.45) is 0 Å². The molecule has 0 fully saturated rings. The lowest BCUT2D eigenvalue weighted by Crippen LogP contribution is -2.06. The van der Waals surface area contributed by atoms with Gasteiger partial charge in [0.15, 0.2) is 0 Å². The Labute approximate surface area is 101 Å². The van der Waals surface area contributed by atoms with Gasteiger partial charge in [0, 0.05) is 5.56 Å². The molecule has 0 radical (unpaired) electrons. The molecular weight excluding hydrogens is 215 g/mol. The fourth-order valence-electron chi connectivity index (χ4n) is 2.11. The number of hydrogen-bond acceptors (Lipinski definition) is 1. The van der Waals surface area contributed by atoms with Crippen LogP contribution in [0.2, 0.25) is 0 Å². The van der Waals surface area contributed by atoms with Gasteiger partial charge in [0.2, 0.25) is 0 Å². The molecule has 0 bridgehead atoms. The third kappa shape index (κ3) is 2.22. The Kier molecular flexibility index (Phi) is 3.25. The second-order valence-corrected chi connectivity index (χ2v) is 4.23. The lowest BCUT2D eigenvalue weighted by Gasteiger charge is -2.17. The molecule has 0 saturated heterocycles. The van der Waals surface area contributed by atoms with Crippen LogP contribution in [0.15, 0.2) is 42.5 Å². The second-order valence-electron chi connectivity index (χ2n) is 4.23. The molecule has 0 aliphatic carbocycles. The number of aliphatic hydroxyl groups is 1. The van der Waals surface area contributed by atoms with Crippen molar-refractivity contribution >= 4 is 0 Å². The maximum absolute atomic E-state index is 13.6. The Bertz CT molecular complexity index is 514. The van der Waals surface area contributed by atoms with E-state index < -0.39 is 6.10 Å². The molecule has 0 heterocycles. The van der Waals surface area contributed by atoms with Crippen molar-refractivity contribution in [3.05, 3.63) is 70.5 Å². The number of halogens is 1. The fraction of sp³-hybridized carbons (Fsp3) is 0.200. The van der Waals surface area contributed by atoms with E-state index in [1.165, 1.54) is 6.07 Å². The first-order chi connectivity index (χ1) is 8.11. The summed E-state index contributed by atoms with van der Waals surface area (Å²) < 4.78 is 13.6. The summed E-state index contributed by atoms with van der Waals surface area (Å²) in [5.41, 5.74) is 3.06. The van der Waals surface area contributed by atoms with E-state index in [0.29, 0.717) is 5.56 Å². The molecule has 0 aliphatic heterocycles. The Morgan fingerprint density at radius 3 is 2.12 bits per heavy atom. The molecule has 1 unspecified atom stereocenters. The molecule has 2 heteroatoms. The van der Waals surface area contributed by atoms with Gasteiger partial charge >= 0.3 is 0 Å². The molecular formula is C15H15FO. The summed E-state index contributed by atoms with van der Waals surface area (Å²) >= 11 is 0. The predicted octanol–water partition coefficient (Wildman–Crippen LogP) is 3.52. The first-order valence-electron chi connectivity index (χ1n) is 5.60. The summed E-state index contributed by atoms with van der Waals surface area (Å²) in [4.78, 5) is 0. The highest BCUT2D eigenvalue weighted by atomic mass is 19.1.